The Morgan fingerprint density at radius 1 is 1.17 bits per heavy atom. The Morgan fingerprint density at radius 2 is 1.92 bits per heavy atom. The first-order valence-electron chi connectivity index (χ1n) is 4.16. The largest absolute Gasteiger partial charge is 0.143 e. The third-order valence-electron chi connectivity index (χ3n) is 2.35. The molecule has 1 aliphatic carbocycles. The molecule has 12 heavy (non-hydrogen) atoms. The van der Waals surface area contributed by atoms with E-state index in [0.29, 0.717) is 0 Å². The van der Waals surface area contributed by atoms with E-state index >= 15 is 0 Å². The highest BCUT2D eigenvalue weighted by Gasteiger charge is 2.31. The van der Waals surface area contributed by atoms with Crippen LogP contribution in [0.1, 0.15) is 24.0 Å². The first-order valence-corrected chi connectivity index (χ1v) is 4.92. The van der Waals surface area contributed by atoms with Gasteiger partial charge in [-0.05, 0) is 30.4 Å². The van der Waals surface area contributed by atoms with Crippen molar-refractivity contribution < 1.29 is 0 Å². The molecule has 0 nitrogen and oxygen atoms in total. The molecule has 1 aliphatic rings. The van der Waals surface area contributed by atoms with E-state index in [2.05, 4.69) is 6.07 Å². The van der Waals surface area contributed by atoms with E-state index in [1.54, 1.807) is 0 Å². The Balaban J connectivity index is 2.52. The van der Waals surface area contributed by atoms with Crippen molar-refractivity contribution >= 4 is 23.2 Å². The molecule has 1 aromatic rings. The summed E-state index contributed by atoms with van der Waals surface area (Å²) >= 11 is 12.3. The first kappa shape index (κ1) is 8.40. The number of hydrogen-bond acceptors (Lipinski definition) is 0. The molecule has 2 heteroatoms. The molecular weight excluding hydrogens is 191 g/mol. The van der Waals surface area contributed by atoms with Crippen LogP contribution in [0.15, 0.2) is 24.3 Å². The quantitative estimate of drug-likeness (QED) is 0.562. The summed E-state index contributed by atoms with van der Waals surface area (Å²) in [5, 5.41) is 0. The van der Waals surface area contributed by atoms with Crippen LogP contribution in [-0.4, -0.2) is 0 Å². The third-order valence-corrected chi connectivity index (χ3v) is 3.13. The van der Waals surface area contributed by atoms with Gasteiger partial charge in [-0.15, -0.1) is 0 Å². The summed E-state index contributed by atoms with van der Waals surface area (Å²) in [7, 11) is 0. The van der Waals surface area contributed by atoms with Crippen LogP contribution in [0.5, 0.6) is 0 Å². The number of rotatable bonds is 0. The number of alkyl halides is 2. The lowest BCUT2D eigenvalue weighted by Gasteiger charge is -2.27. The van der Waals surface area contributed by atoms with Crippen LogP contribution >= 0.6 is 23.2 Å². The van der Waals surface area contributed by atoms with Gasteiger partial charge in [0.1, 0.15) is 4.33 Å². The predicted octanol–water partition coefficient (Wildman–Crippen LogP) is 3.65. The molecule has 0 unspecified atom stereocenters. The fourth-order valence-corrected chi connectivity index (χ4v) is 2.37. The molecule has 0 amide bonds. The normalized spacial score (nSPS) is 20.2. The third kappa shape index (κ3) is 1.34. The van der Waals surface area contributed by atoms with Crippen LogP contribution < -0.4 is 0 Å². The van der Waals surface area contributed by atoms with Crippen molar-refractivity contribution in [1.82, 2.24) is 0 Å². The van der Waals surface area contributed by atoms with E-state index in [1.165, 1.54) is 5.56 Å². The van der Waals surface area contributed by atoms with Gasteiger partial charge in [-0.25, -0.2) is 0 Å². The number of fused-ring (bicyclic) bond motifs is 1. The lowest BCUT2D eigenvalue weighted by molar-refractivity contribution is 0.625. The highest BCUT2D eigenvalue weighted by molar-refractivity contribution is 6.48. The monoisotopic (exact) mass is 200 g/mol. The maximum absolute atomic E-state index is 6.17. The first-order chi connectivity index (χ1) is 5.70. The van der Waals surface area contributed by atoms with Crippen LogP contribution in [0.4, 0.5) is 0 Å². The van der Waals surface area contributed by atoms with Gasteiger partial charge in [0.2, 0.25) is 0 Å². The van der Waals surface area contributed by atoms with Crippen LogP contribution in [0.2, 0.25) is 0 Å². The Hall–Kier alpha value is -0.200. The summed E-state index contributed by atoms with van der Waals surface area (Å²) in [6, 6.07) is 8.15. The molecular formula is C10H10Cl2. The molecule has 2 rings (SSSR count). The van der Waals surface area contributed by atoms with Crippen molar-refractivity contribution in [2.75, 3.05) is 0 Å². The number of hydrogen-bond donors (Lipinski definition) is 0. The van der Waals surface area contributed by atoms with E-state index in [4.69, 9.17) is 23.2 Å². The van der Waals surface area contributed by atoms with E-state index in [0.717, 1.165) is 24.8 Å². The van der Waals surface area contributed by atoms with Crippen LogP contribution in [0, 0.1) is 0 Å². The summed E-state index contributed by atoms with van der Waals surface area (Å²) in [5.74, 6) is 0. The highest BCUT2D eigenvalue weighted by Crippen LogP contribution is 2.43. The SMILES string of the molecule is ClC1(Cl)CCCc2ccccc21. The fraction of sp³-hybridized carbons (Fsp3) is 0.400. The number of halogens is 2. The summed E-state index contributed by atoms with van der Waals surface area (Å²) < 4.78 is -0.644. The fourth-order valence-electron chi connectivity index (χ4n) is 1.73. The average Bonchev–Trinajstić information content (AvgIpc) is 2.04. The molecule has 64 valence electrons. The van der Waals surface area contributed by atoms with Crippen LogP contribution in [-0.2, 0) is 10.8 Å². The molecule has 0 heterocycles. The van der Waals surface area contributed by atoms with E-state index < -0.39 is 4.33 Å². The number of benzene rings is 1. The van der Waals surface area contributed by atoms with E-state index in [1.807, 2.05) is 18.2 Å². The van der Waals surface area contributed by atoms with Gasteiger partial charge < -0.3 is 0 Å². The lowest BCUT2D eigenvalue weighted by atomic mass is 9.91. The van der Waals surface area contributed by atoms with Crippen molar-refractivity contribution in [1.29, 1.82) is 0 Å². The Labute approximate surface area is 82.5 Å². The predicted molar refractivity (Wildman–Crippen MR) is 52.8 cm³/mol. The molecule has 0 atom stereocenters. The standard InChI is InChI=1S/C10H10Cl2/c11-10(12)7-3-5-8-4-1-2-6-9(8)10/h1-2,4,6H,3,5,7H2. The van der Waals surface area contributed by atoms with Gasteiger partial charge in [0.25, 0.3) is 0 Å². The minimum Gasteiger partial charge on any atom is -0.0963 e. The lowest BCUT2D eigenvalue weighted by Crippen LogP contribution is -2.18. The average molecular weight is 201 g/mol. The minimum atomic E-state index is -0.644. The Morgan fingerprint density at radius 3 is 2.67 bits per heavy atom. The highest BCUT2D eigenvalue weighted by atomic mass is 35.5. The number of aryl methyl sites for hydroxylation is 1. The second-order valence-corrected chi connectivity index (χ2v) is 4.70. The van der Waals surface area contributed by atoms with Crippen molar-refractivity contribution in [2.24, 2.45) is 0 Å². The van der Waals surface area contributed by atoms with Crippen molar-refractivity contribution in [3.63, 3.8) is 0 Å². The molecule has 0 radical (unpaired) electrons. The molecule has 0 N–H and O–H groups in total. The van der Waals surface area contributed by atoms with Gasteiger partial charge in [0.15, 0.2) is 0 Å². The topological polar surface area (TPSA) is 0 Å². The van der Waals surface area contributed by atoms with Gasteiger partial charge >= 0.3 is 0 Å². The Bertz CT molecular complexity index is 292. The van der Waals surface area contributed by atoms with Gasteiger partial charge in [0, 0.05) is 0 Å². The summed E-state index contributed by atoms with van der Waals surface area (Å²) in [5.41, 5.74) is 2.40. The van der Waals surface area contributed by atoms with Crippen molar-refractivity contribution in [3.8, 4) is 0 Å². The smallest absolute Gasteiger partial charge is 0.0963 e. The van der Waals surface area contributed by atoms with Gasteiger partial charge in [-0.1, -0.05) is 47.5 Å². The van der Waals surface area contributed by atoms with Gasteiger partial charge in [-0.3, -0.25) is 0 Å². The van der Waals surface area contributed by atoms with Crippen molar-refractivity contribution in [3.05, 3.63) is 35.4 Å². The summed E-state index contributed by atoms with van der Waals surface area (Å²) in [6.07, 6.45) is 3.06. The second kappa shape index (κ2) is 2.93. The molecule has 1 aromatic carbocycles. The molecule has 0 saturated heterocycles. The molecule has 0 saturated carbocycles. The van der Waals surface area contributed by atoms with Gasteiger partial charge in [-0.2, -0.15) is 0 Å². The minimum absolute atomic E-state index is 0.644. The zero-order valence-electron chi connectivity index (χ0n) is 6.69. The zero-order valence-corrected chi connectivity index (χ0v) is 8.20. The Kier molecular flexibility index (Phi) is 2.05. The van der Waals surface area contributed by atoms with E-state index in [9.17, 15) is 0 Å². The second-order valence-electron chi connectivity index (χ2n) is 3.22. The molecule has 0 fully saturated rings. The molecule has 0 aliphatic heterocycles. The maximum Gasteiger partial charge on any atom is 0.143 e. The molecule has 0 spiro atoms. The maximum atomic E-state index is 6.17. The summed E-state index contributed by atoms with van der Waals surface area (Å²) in [4.78, 5) is 0. The summed E-state index contributed by atoms with van der Waals surface area (Å²) in [6.45, 7) is 0. The molecule has 0 aromatic heterocycles. The van der Waals surface area contributed by atoms with Crippen LogP contribution in [0.3, 0.4) is 0 Å². The zero-order chi connectivity index (χ0) is 8.60. The van der Waals surface area contributed by atoms with Crippen molar-refractivity contribution in [2.45, 2.75) is 23.6 Å². The van der Waals surface area contributed by atoms with Gasteiger partial charge in [0.05, 0.1) is 0 Å². The van der Waals surface area contributed by atoms with Crippen LogP contribution in [0.25, 0.3) is 0 Å². The van der Waals surface area contributed by atoms with E-state index in [-0.39, 0.29) is 0 Å². The molecule has 0 bridgehead atoms.